The molecule has 0 fully saturated rings. The molecule has 1 N–H and O–H groups in total. The molecular weight excluding hydrogens is 408 g/mol. The van der Waals surface area contributed by atoms with Gasteiger partial charge >= 0.3 is 0 Å². The number of aromatic nitrogens is 2. The summed E-state index contributed by atoms with van der Waals surface area (Å²) in [5.74, 6) is 0.830. The average Bonchev–Trinajstić information content (AvgIpc) is 3.39. The van der Waals surface area contributed by atoms with Crippen molar-refractivity contribution in [2.24, 2.45) is 0 Å². The first-order chi connectivity index (χ1) is 14.8. The molecule has 7 heteroatoms. The van der Waals surface area contributed by atoms with Crippen LogP contribution < -0.4 is 10.2 Å². The number of carbonyl (C=O) groups excluding carboxylic acids is 1. The molecule has 0 bridgehead atoms. The molecular formula is C24H28N4O2S. The molecule has 0 atom stereocenters. The Morgan fingerprint density at radius 3 is 2.77 bits per heavy atom. The summed E-state index contributed by atoms with van der Waals surface area (Å²) < 4.78 is 9.95. The Bertz CT molecular complexity index is 1120. The van der Waals surface area contributed by atoms with Crippen molar-refractivity contribution in [2.45, 2.75) is 39.7 Å². The Balaban J connectivity index is 1.51. The minimum Gasteiger partial charge on any atom is -0.376 e. The van der Waals surface area contributed by atoms with Gasteiger partial charge in [0.1, 0.15) is 10.8 Å². The molecule has 0 unspecified atom stereocenters. The minimum atomic E-state index is -0.386. The Morgan fingerprint density at radius 1 is 1.26 bits per heavy atom. The first kappa shape index (κ1) is 21.5. The maximum Gasteiger partial charge on any atom is 0.246 e. The summed E-state index contributed by atoms with van der Waals surface area (Å²) >= 11 is 1.39. The van der Waals surface area contributed by atoms with Crippen molar-refractivity contribution in [2.75, 3.05) is 30.4 Å². The molecule has 6 nitrogen and oxygen atoms in total. The average molecular weight is 437 g/mol. The molecule has 1 aliphatic heterocycles. The lowest BCUT2D eigenvalue weighted by Crippen LogP contribution is -2.34. The van der Waals surface area contributed by atoms with Crippen molar-refractivity contribution in [3.05, 3.63) is 58.9 Å². The molecule has 0 spiro atoms. The van der Waals surface area contributed by atoms with Crippen molar-refractivity contribution in [3.8, 4) is 10.6 Å². The van der Waals surface area contributed by atoms with Gasteiger partial charge in [-0.2, -0.15) is 4.37 Å². The molecule has 0 aliphatic carbocycles. The topological polar surface area (TPSA) is 67.3 Å². The van der Waals surface area contributed by atoms with Gasteiger partial charge in [0.15, 0.2) is 0 Å². The van der Waals surface area contributed by atoms with Gasteiger partial charge in [0.25, 0.3) is 0 Å². The van der Waals surface area contributed by atoms with Gasteiger partial charge in [-0.15, -0.1) is 0 Å². The van der Waals surface area contributed by atoms with Crippen LogP contribution in [0.4, 0.5) is 11.4 Å². The molecule has 162 valence electrons. The van der Waals surface area contributed by atoms with Crippen LogP contribution in [0, 0.1) is 13.8 Å². The predicted molar refractivity (Wildman–Crippen MR) is 126 cm³/mol. The van der Waals surface area contributed by atoms with Gasteiger partial charge in [0.05, 0.1) is 12.1 Å². The third kappa shape index (κ3) is 4.20. The van der Waals surface area contributed by atoms with E-state index in [2.05, 4.69) is 34.6 Å². The van der Waals surface area contributed by atoms with E-state index in [1.54, 1.807) is 7.11 Å². The molecule has 4 rings (SSSR count). The van der Waals surface area contributed by atoms with Crippen molar-refractivity contribution < 1.29 is 9.53 Å². The third-order valence-corrected chi connectivity index (χ3v) is 6.79. The first-order valence-electron chi connectivity index (χ1n) is 10.4. The second-order valence-electron chi connectivity index (χ2n) is 8.34. The van der Waals surface area contributed by atoms with Gasteiger partial charge in [-0.1, -0.05) is 24.3 Å². The van der Waals surface area contributed by atoms with Crippen LogP contribution in [0.2, 0.25) is 0 Å². The van der Waals surface area contributed by atoms with Crippen molar-refractivity contribution in [1.82, 2.24) is 9.36 Å². The molecule has 1 aliphatic rings. The molecule has 2 heterocycles. The number of amides is 1. The Morgan fingerprint density at radius 2 is 2.06 bits per heavy atom. The summed E-state index contributed by atoms with van der Waals surface area (Å²) in [6.07, 6.45) is 0.842. The largest absolute Gasteiger partial charge is 0.376 e. The lowest BCUT2D eigenvalue weighted by atomic mass is 9.91. The van der Waals surface area contributed by atoms with E-state index >= 15 is 0 Å². The lowest BCUT2D eigenvalue weighted by molar-refractivity contribution is -0.116. The first-order valence-corrected chi connectivity index (χ1v) is 11.2. The zero-order chi connectivity index (χ0) is 22.2. The van der Waals surface area contributed by atoms with Crippen molar-refractivity contribution in [3.63, 3.8) is 0 Å². The van der Waals surface area contributed by atoms with E-state index < -0.39 is 0 Å². The van der Waals surface area contributed by atoms with Crippen LogP contribution in [0.1, 0.15) is 36.4 Å². The number of anilines is 2. The van der Waals surface area contributed by atoms with Crippen LogP contribution in [0.5, 0.6) is 0 Å². The summed E-state index contributed by atoms with van der Waals surface area (Å²) in [6, 6.07) is 12.3. The van der Waals surface area contributed by atoms with Gasteiger partial charge in [-0.3, -0.25) is 4.79 Å². The number of hydrogen-bond acceptors (Lipinski definition) is 6. The zero-order valence-corrected chi connectivity index (χ0v) is 19.5. The highest BCUT2D eigenvalue weighted by molar-refractivity contribution is 7.09. The van der Waals surface area contributed by atoms with Gasteiger partial charge in [0, 0.05) is 30.6 Å². The summed E-state index contributed by atoms with van der Waals surface area (Å²) in [7, 11) is 1.72. The van der Waals surface area contributed by atoms with Crippen LogP contribution in [0.25, 0.3) is 10.6 Å². The maximum absolute atomic E-state index is 13.1. The maximum atomic E-state index is 13.1. The number of methoxy groups -OCH3 is 1. The zero-order valence-electron chi connectivity index (χ0n) is 18.7. The number of carbonyl (C=O) groups is 1. The molecule has 1 amide bonds. The number of ether oxygens (including phenoxy) is 1. The van der Waals surface area contributed by atoms with Crippen LogP contribution in [-0.4, -0.2) is 35.5 Å². The second kappa shape index (κ2) is 8.40. The Kier molecular flexibility index (Phi) is 5.81. The van der Waals surface area contributed by atoms with Crippen LogP contribution in [0.3, 0.4) is 0 Å². The molecule has 0 radical (unpaired) electrons. The van der Waals surface area contributed by atoms with Gasteiger partial charge in [-0.05, 0) is 74.5 Å². The van der Waals surface area contributed by atoms with E-state index in [1.165, 1.54) is 17.1 Å². The van der Waals surface area contributed by atoms with Crippen LogP contribution in [0.15, 0.2) is 36.4 Å². The number of rotatable bonds is 6. The molecule has 31 heavy (non-hydrogen) atoms. The molecule has 2 aromatic carbocycles. The smallest absolute Gasteiger partial charge is 0.246 e. The number of fused-ring (bicyclic) bond motifs is 1. The predicted octanol–water partition coefficient (Wildman–Crippen LogP) is 4.70. The highest BCUT2D eigenvalue weighted by Gasteiger charge is 2.31. The minimum absolute atomic E-state index is 0.0580. The summed E-state index contributed by atoms with van der Waals surface area (Å²) in [6.45, 7) is 8.96. The fraction of sp³-hybridized carbons (Fsp3) is 0.375. The van der Waals surface area contributed by atoms with Crippen molar-refractivity contribution in [1.29, 1.82) is 0 Å². The van der Waals surface area contributed by atoms with E-state index in [-0.39, 0.29) is 18.1 Å². The summed E-state index contributed by atoms with van der Waals surface area (Å²) in [5.41, 5.74) is 5.98. The normalized spacial score (nSPS) is 13.4. The fourth-order valence-electron chi connectivity index (χ4n) is 3.99. The van der Waals surface area contributed by atoms with E-state index in [0.717, 1.165) is 45.3 Å². The highest BCUT2D eigenvalue weighted by Crippen LogP contribution is 2.37. The lowest BCUT2D eigenvalue weighted by Gasteiger charge is -2.26. The number of aryl methyl sites for hydroxylation is 2. The van der Waals surface area contributed by atoms with Gasteiger partial charge in [0.2, 0.25) is 5.91 Å². The monoisotopic (exact) mass is 436 g/mol. The number of nitrogens with zero attached hydrogens (tertiary/aromatic N) is 3. The quantitative estimate of drug-likeness (QED) is 0.606. The summed E-state index contributed by atoms with van der Waals surface area (Å²) in [5, 5.41) is 4.22. The van der Waals surface area contributed by atoms with Gasteiger partial charge in [-0.25, -0.2) is 4.98 Å². The Labute approximate surface area is 187 Å². The Hall–Kier alpha value is -2.77. The van der Waals surface area contributed by atoms with Crippen LogP contribution >= 0.6 is 11.5 Å². The molecule has 3 aromatic rings. The second-order valence-corrected chi connectivity index (χ2v) is 9.09. The molecule has 1 aromatic heterocycles. The van der Waals surface area contributed by atoms with E-state index in [9.17, 15) is 4.79 Å². The van der Waals surface area contributed by atoms with E-state index in [4.69, 9.17) is 4.74 Å². The third-order valence-electron chi connectivity index (χ3n) is 5.93. The van der Waals surface area contributed by atoms with E-state index in [0.29, 0.717) is 6.54 Å². The standard InChI is InChI=1S/C24H28N4O2S/c1-15-9-10-17(23-26-16(2)27-31-23)13-20(15)25-14-22(29)28-12-11-18-19(24(3,4)30-5)7-6-8-21(18)28/h6-10,13,25H,11-12,14H2,1-5H3. The molecule has 0 saturated heterocycles. The van der Waals surface area contributed by atoms with E-state index in [1.807, 2.05) is 49.1 Å². The number of hydrogen-bond donors (Lipinski definition) is 1. The van der Waals surface area contributed by atoms with Crippen molar-refractivity contribution >= 4 is 28.8 Å². The number of nitrogens with one attached hydrogen (secondary N) is 1. The molecule has 0 saturated carbocycles. The summed E-state index contributed by atoms with van der Waals surface area (Å²) in [4.78, 5) is 19.4. The highest BCUT2D eigenvalue weighted by atomic mass is 32.1. The van der Waals surface area contributed by atoms with Gasteiger partial charge < -0.3 is 15.0 Å². The fourth-order valence-corrected chi connectivity index (χ4v) is 4.66. The number of benzene rings is 2. The van der Waals surface area contributed by atoms with Crippen LogP contribution in [-0.2, 0) is 21.6 Å². The SMILES string of the molecule is COC(C)(C)c1cccc2c1CCN2C(=O)CNc1cc(-c2nc(C)ns2)ccc1C.